The van der Waals surface area contributed by atoms with Gasteiger partial charge in [0.05, 0.1) is 30.6 Å². The molecule has 0 fully saturated rings. The Balaban J connectivity index is 1.88. The van der Waals surface area contributed by atoms with Crippen molar-refractivity contribution in [3.63, 3.8) is 0 Å². The number of fused-ring (bicyclic) bond motifs is 3. The molecule has 3 atom stereocenters. The standard InChI is InChI=1S/C23H25F4N3O3/c1-13-14(2)30-10-9-16-18(21(30)28-13)29-17(15-7-5-4-6-8-15)20(32-12-11-31-3)19(16)33-23(26,27)22(24)25/h4-10,17,19-20,22,29H,11-12H2,1-3H3. The van der Waals surface area contributed by atoms with Gasteiger partial charge in [0.25, 0.3) is 0 Å². The van der Waals surface area contributed by atoms with Gasteiger partial charge in [-0.05, 0) is 25.5 Å². The van der Waals surface area contributed by atoms with E-state index < -0.39 is 30.8 Å². The van der Waals surface area contributed by atoms with Crippen molar-refractivity contribution < 1.29 is 31.8 Å². The van der Waals surface area contributed by atoms with Crippen molar-refractivity contribution in [1.82, 2.24) is 9.38 Å². The monoisotopic (exact) mass is 467 g/mol. The molecule has 6 nitrogen and oxygen atoms in total. The van der Waals surface area contributed by atoms with Crippen LogP contribution in [0.1, 0.15) is 34.7 Å². The second-order valence-electron chi connectivity index (χ2n) is 7.88. The van der Waals surface area contributed by atoms with Gasteiger partial charge in [-0.3, -0.25) is 0 Å². The number of hydrogen-bond donors (Lipinski definition) is 1. The van der Waals surface area contributed by atoms with Crippen molar-refractivity contribution in [1.29, 1.82) is 0 Å². The summed E-state index contributed by atoms with van der Waals surface area (Å²) in [5.74, 6) is 0. The zero-order chi connectivity index (χ0) is 23.8. The summed E-state index contributed by atoms with van der Waals surface area (Å²) in [6, 6.07) is 9.93. The van der Waals surface area contributed by atoms with Gasteiger partial charge in [-0.2, -0.15) is 8.78 Å². The third-order valence-electron chi connectivity index (χ3n) is 5.83. The van der Waals surface area contributed by atoms with Gasteiger partial charge in [-0.15, -0.1) is 0 Å². The van der Waals surface area contributed by atoms with Gasteiger partial charge >= 0.3 is 12.5 Å². The van der Waals surface area contributed by atoms with E-state index in [1.807, 2.05) is 24.3 Å². The molecule has 3 unspecified atom stereocenters. The molecule has 0 saturated heterocycles. The lowest BCUT2D eigenvalue weighted by Crippen LogP contribution is -2.44. The van der Waals surface area contributed by atoms with E-state index in [9.17, 15) is 17.6 Å². The summed E-state index contributed by atoms with van der Waals surface area (Å²) >= 11 is 0. The third-order valence-corrected chi connectivity index (χ3v) is 5.83. The average molecular weight is 467 g/mol. The van der Waals surface area contributed by atoms with Crippen molar-refractivity contribution in [3.05, 3.63) is 65.1 Å². The molecule has 4 rings (SSSR count). The molecule has 1 N–H and O–H groups in total. The first-order valence-corrected chi connectivity index (χ1v) is 10.5. The highest BCUT2D eigenvalue weighted by Gasteiger charge is 2.50. The second-order valence-corrected chi connectivity index (χ2v) is 7.88. The maximum atomic E-state index is 14.2. The molecule has 0 saturated carbocycles. The maximum Gasteiger partial charge on any atom is 0.417 e. The molecule has 178 valence electrons. The fourth-order valence-corrected chi connectivity index (χ4v) is 4.06. The zero-order valence-electron chi connectivity index (χ0n) is 18.4. The van der Waals surface area contributed by atoms with Crippen molar-refractivity contribution in [3.8, 4) is 0 Å². The number of alkyl halides is 4. The van der Waals surface area contributed by atoms with Crippen molar-refractivity contribution in [2.24, 2.45) is 0 Å². The van der Waals surface area contributed by atoms with Crippen LogP contribution in [0.3, 0.4) is 0 Å². The topological polar surface area (TPSA) is 57.0 Å². The number of benzene rings is 1. The van der Waals surface area contributed by atoms with Crippen LogP contribution in [0.2, 0.25) is 0 Å². The van der Waals surface area contributed by atoms with Crippen LogP contribution in [-0.2, 0) is 14.2 Å². The van der Waals surface area contributed by atoms with Gasteiger partial charge in [-0.1, -0.05) is 30.3 Å². The van der Waals surface area contributed by atoms with Crippen molar-refractivity contribution in [2.45, 2.75) is 44.6 Å². The van der Waals surface area contributed by atoms with Gasteiger partial charge in [0, 0.05) is 24.6 Å². The average Bonchev–Trinajstić information content (AvgIpc) is 3.09. The van der Waals surface area contributed by atoms with E-state index in [0.29, 0.717) is 11.3 Å². The number of ether oxygens (including phenoxy) is 3. The normalized spacial score (nSPS) is 20.8. The first-order chi connectivity index (χ1) is 15.7. The molecule has 33 heavy (non-hydrogen) atoms. The van der Waals surface area contributed by atoms with Crippen LogP contribution in [0.4, 0.5) is 23.2 Å². The van der Waals surface area contributed by atoms with Gasteiger partial charge in [0.1, 0.15) is 12.2 Å². The third kappa shape index (κ3) is 4.42. The smallest absolute Gasteiger partial charge is 0.382 e. The number of halogens is 4. The van der Waals surface area contributed by atoms with E-state index in [1.165, 1.54) is 7.11 Å². The minimum absolute atomic E-state index is 0.0610. The number of imidazole rings is 1. The van der Waals surface area contributed by atoms with E-state index in [-0.39, 0.29) is 18.8 Å². The molecule has 1 aliphatic heterocycles. The number of anilines is 1. The summed E-state index contributed by atoms with van der Waals surface area (Å²) in [6.45, 7) is 3.97. The van der Waals surface area contributed by atoms with Crippen LogP contribution in [0, 0.1) is 13.8 Å². The Labute approximate surface area is 188 Å². The molecule has 0 amide bonds. The summed E-state index contributed by atoms with van der Waals surface area (Å²) in [7, 11) is 1.48. The molecule has 0 spiro atoms. The lowest BCUT2D eigenvalue weighted by atomic mass is 9.88. The number of rotatable bonds is 8. The molecule has 2 aromatic heterocycles. The number of hydrogen-bond acceptors (Lipinski definition) is 5. The van der Waals surface area contributed by atoms with Crippen LogP contribution in [0.5, 0.6) is 0 Å². The van der Waals surface area contributed by atoms with Crippen LogP contribution >= 0.6 is 0 Å². The molecule has 0 aliphatic carbocycles. The molecule has 3 heterocycles. The highest BCUT2D eigenvalue weighted by atomic mass is 19.3. The number of aryl methyl sites for hydroxylation is 2. The first-order valence-electron chi connectivity index (χ1n) is 10.5. The number of methoxy groups -OCH3 is 1. The van der Waals surface area contributed by atoms with Crippen molar-refractivity contribution in [2.75, 3.05) is 25.6 Å². The van der Waals surface area contributed by atoms with Crippen LogP contribution in [0.15, 0.2) is 42.6 Å². The predicted molar refractivity (Wildman–Crippen MR) is 114 cm³/mol. The molecule has 1 aliphatic rings. The lowest BCUT2D eigenvalue weighted by Gasteiger charge is -2.41. The number of aromatic nitrogens is 2. The van der Waals surface area contributed by atoms with E-state index in [1.54, 1.807) is 36.5 Å². The van der Waals surface area contributed by atoms with Crippen LogP contribution < -0.4 is 5.32 Å². The van der Waals surface area contributed by atoms with Gasteiger partial charge < -0.3 is 23.9 Å². The molecule has 1 aromatic carbocycles. The Morgan fingerprint density at radius 1 is 1.12 bits per heavy atom. The Kier molecular flexibility index (Phi) is 6.60. The number of pyridine rings is 1. The molecular formula is C23H25F4N3O3. The SMILES string of the molecule is COCCOC1C(c2ccccc2)Nc2c(ccn3c(C)c(C)nc23)C1OC(F)(F)C(F)F. The summed E-state index contributed by atoms with van der Waals surface area (Å²) in [5, 5.41) is 3.36. The molecule has 0 radical (unpaired) electrons. The summed E-state index contributed by atoms with van der Waals surface area (Å²) in [4.78, 5) is 4.57. The number of nitrogens with one attached hydrogen (secondary N) is 1. The van der Waals surface area contributed by atoms with E-state index in [2.05, 4.69) is 10.3 Å². The first kappa shape index (κ1) is 23.5. The van der Waals surface area contributed by atoms with Gasteiger partial charge in [-0.25, -0.2) is 13.8 Å². The van der Waals surface area contributed by atoms with Gasteiger partial charge in [0.2, 0.25) is 0 Å². The van der Waals surface area contributed by atoms with E-state index in [0.717, 1.165) is 17.0 Å². The molecular weight excluding hydrogens is 442 g/mol. The number of nitrogens with zero attached hydrogens (tertiary/aromatic N) is 2. The fraction of sp³-hybridized carbons (Fsp3) is 0.435. The summed E-state index contributed by atoms with van der Waals surface area (Å²) < 4.78 is 72.3. The largest absolute Gasteiger partial charge is 0.417 e. The quantitative estimate of drug-likeness (QED) is 0.371. The minimum Gasteiger partial charge on any atom is -0.382 e. The van der Waals surface area contributed by atoms with E-state index in [4.69, 9.17) is 14.2 Å². The Morgan fingerprint density at radius 3 is 2.52 bits per heavy atom. The van der Waals surface area contributed by atoms with Crippen molar-refractivity contribution >= 4 is 11.3 Å². The summed E-state index contributed by atoms with van der Waals surface area (Å²) in [5.41, 5.74) is 3.55. The highest BCUT2D eigenvalue weighted by Crippen LogP contribution is 2.47. The molecule has 3 aromatic rings. The fourth-order valence-electron chi connectivity index (χ4n) is 4.06. The van der Waals surface area contributed by atoms with E-state index >= 15 is 0 Å². The van der Waals surface area contributed by atoms with Crippen LogP contribution in [-0.4, -0.2) is 48.3 Å². The second kappa shape index (κ2) is 9.28. The predicted octanol–water partition coefficient (Wildman–Crippen LogP) is 5.07. The minimum atomic E-state index is -4.67. The Bertz CT molecular complexity index is 1110. The Hall–Kier alpha value is -2.69. The highest BCUT2D eigenvalue weighted by molar-refractivity contribution is 5.75. The summed E-state index contributed by atoms with van der Waals surface area (Å²) in [6.07, 6.45) is -9.53. The Morgan fingerprint density at radius 2 is 1.85 bits per heavy atom. The van der Waals surface area contributed by atoms with Crippen LogP contribution in [0.25, 0.3) is 5.65 Å². The molecule has 10 heteroatoms. The maximum absolute atomic E-state index is 14.2. The van der Waals surface area contributed by atoms with Gasteiger partial charge in [0.15, 0.2) is 5.65 Å². The zero-order valence-corrected chi connectivity index (χ0v) is 18.4. The molecule has 0 bridgehead atoms. The lowest BCUT2D eigenvalue weighted by molar-refractivity contribution is -0.333.